The Labute approximate surface area is 130 Å². The van der Waals surface area contributed by atoms with E-state index in [1.54, 1.807) is 6.07 Å². The maximum absolute atomic E-state index is 10.0. The van der Waals surface area contributed by atoms with Crippen LogP contribution in [0.1, 0.15) is 25.3 Å². The largest absolute Gasteiger partial charge is 0.506 e. The predicted molar refractivity (Wildman–Crippen MR) is 90.3 cm³/mol. The Hall–Kier alpha value is -2.68. The van der Waals surface area contributed by atoms with Gasteiger partial charge in [0, 0.05) is 5.39 Å². The van der Waals surface area contributed by atoms with Gasteiger partial charge in [0.15, 0.2) is 0 Å². The summed E-state index contributed by atoms with van der Waals surface area (Å²) in [4.78, 5) is 0. The molecular formula is C19H18N2O. The fraction of sp³-hybridized carbons (Fsp3) is 0.158. The summed E-state index contributed by atoms with van der Waals surface area (Å²) in [5.74, 6) is 0.634. The summed E-state index contributed by atoms with van der Waals surface area (Å²) in [6.45, 7) is 4.31. The minimum atomic E-state index is 0.140. The molecule has 0 aliphatic heterocycles. The summed E-state index contributed by atoms with van der Waals surface area (Å²) in [5, 5.41) is 20.5. The van der Waals surface area contributed by atoms with Crippen molar-refractivity contribution in [3.05, 3.63) is 66.2 Å². The van der Waals surface area contributed by atoms with Gasteiger partial charge in [0.1, 0.15) is 11.4 Å². The highest BCUT2D eigenvalue weighted by Gasteiger charge is 2.05. The summed E-state index contributed by atoms with van der Waals surface area (Å²) in [6.07, 6.45) is 0. The van der Waals surface area contributed by atoms with Crippen LogP contribution in [0.4, 0.5) is 11.4 Å². The minimum absolute atomic E-state index is 0.140. The van der Waals surface area contributed by atoms with Crippen molar-refractivity contribution in [2.45, 2.75) is 19.8 Å². The number of azo groups is 1. The molecule has 3 nitrogen and oxygen atoms in total. The van der Waals surface area contributed by atoms with E-state index < -0.39 is 0 Å². The van der Waals surface area contributed by atoms with Gasteiger partial charge in [-0.25, -0.2) is 0 Å². The number of hydrogen-bond acceptors (Lipinski definition) is 3. The second kappa shape index (κ2) is 5.98. The quantitative estimate of drug-likeness (QED) is 0.583. The Morgan fingerprint density at radius 1 is 0.818 bits per heavy atom. The summed E-state index contributed by atoms with van der Waals surface area (Å²) in [5.41, 5.74) is 2.55. The first-order valence-corrected chi connectivity index (χ1v) is 7.37. The Bertz CT molecular complexity index is 820. The van der Waals surface area contributed by atoms with E-state index >= 15 is 0 Å². The lowest BCUT2D eigenvalue weighted by atomic mass is 10.0. The normalized spacial score (nSPS) is 11.6. The van der Waals surface area contributed by atoms with Crippen LogP contribution in [-0.4, -0.2) is 5.11 Å². The SMILES string of the molecule is CC(C)c1ccc(N=Nc2c(O)ccc3ccccc23)cc1. The molecule has 0 aromatic heterocycles. The lowest BCUT2D eigenvalue weighted by molar-refractivity contribution is 0.477. The molecule has 0 heterocycles. The molecule has 0 bridgehead atoms. The van der Waals surface area contributed by atoms with Gasteiger partial charge < -0.3 is 5.11 Å². The van der Waals surface area contributed by atoms with Crippen LogP contribution in [0, 0.1) is 0 Å². The first-order valence-electron chi connectivity index (χ1n) is 7.37. The highest BCUT2D eigenvalue weighted by Crippen LogP contribution is 2.36. The molecule has 0 aliphatic carbocycles. The molecule has 0 atom stereocenters. The maximum atomic E-state index is 10.0. The van der Waals surface area contributed by atoms with Crippen molar-refractivity contribution in [2.75, 3.05) is 0 Å². The smallest absolute Gasteiger partial charge is 0.143 e. The third-order valence-electron chi connectivity index (χ3n) is 3.70. The zero-order chi connectivity index (χ0) is 15.5. The molecule has 0 fully saturated rings. The fourth-order valence-corrected chi connectivity index (χ4v) is 2.38. The Morgan fingerprint density at radius 2 is 1.55 bits per heavy atom. The molecule has 3 aromatic carbocycles. The van der Waals surface area contributed by atoms with Crippen molar-refractivity contribution in [3.63, 3.8) is 0 Å². The average Bonchev–Trinajstić information content (AvgIpc) is 2.54. The van der Waals surface area contributed by atoms with Crippen LogP contribution < -0.4 is 0 Å². The molecule has 3 rings (SSSR count). The molecule has 3 heteroatoms. The molecule has 22 heavy (non-hydrogen) atoms. The predicted octanol–water partition coefficient (Wildman–Crippen LogP) is 6.08. The Balaban J connectivity index is 1.97. The van der Waals surface area contributed by atoms with Crippen molar-refractivity contribution < 1.29 is 5.11 Å². The van der Waals surface area contributed by atoms with Crippen LogP contribution in [0.3, 0.4) is 0 Å². The third-order valence-corrected chi connectivity index (χ3v) is 3.70. The van der Waals surface area contributed by atoms with Crippen molar-refractivity contribution in [1.82, 2.24) is 0 Å². The molecule has 0 aliphatic rings. The molecule has 0 unspecified atom stereocenters. The second-order valence-corrected chi connectivity index (χ2v) is 5.60. The van der Waals surface area contributed by atoms with E-state index in [9.17, 15) is 5.11 Å². The minimum Gasteiger partial charge on any atom is -0.506 e. The summed E-state index contributed by atoms with van der Waals surface area (Å²) in [6, 6.07) is 19.4. The number of aromatic hydroxyl groups is 1. The van der Waals surface area contributed by atoms with Gasteiger partial charge in [-0.3, -0.25) is 0 Å². The van der Waals surface area contributed by atoms with Gasteiger partial charge in [-0.2, -0.15) is 5.11 Å². The lowest BCUT2D eigenvalue weighted by Crippen LogP contribution is -1.84. The standard InChI is InChI=1S/C19H18N2O/c1-13(2)14-7-10-16(11-8-14)20-21-19-17-6-4-3-5-15(17)9-12-18(19)22/h3-13,22H,1-2H3. The zero-order valence-electron chi connectivity index (χ0n) is 12.7. The molecule has 110 valence electrons. The second-order valence-electron chi connectivity index (χ2n) is 5.60. The number of benzene rings is 3. The van der Waals surface area contributed by atoms with Crippen molar-refractivity contribution in [1.29, 1.82) is 0 Å². The molecular weight excluding hydrogens is 272 g/mol. The van der Waals surface area contributed by atoms with Gasteiger partial charge in [-0.15, -0.1) is 5.11 Å². The molecule has 0 saturated heterocycles. The van der Waals surface area contributed by atoms with Crippen LogP contribution in [0.2, 0.25) is 0 Å². The van der Waals surface area contributed by atoms with Gasteiger partial charge >= 0.3 is 0 Å². The van der Waals surface area contributed by atoms with E-state index in [0.717, 1.165) is 16.5 Å². The summed E-state index contributed by atoms with van der Waals surface area (Å²) < 4.78 is 0. The fourth-order valence-electron chi connectivity index (χ4n) is 2.38. The zero-order valence-corrected chi connectivity index (χ0v) is 12.7. The van der Waals surface area contributed by atoms with E-state index in [1.807, 2.05) is 42.5 Å². The van der Waals surface area contributed by atoms with E-state index in [1.165, 1.54) is 5.56 Å². The summed E-state index contributed by atoms with van der Waals surface area (Å²) in [7, 11) is 0. The summed E-state index contributed by atoms with van der Waals surface area (Å²) >= 11 is 0. The van der Waals surface area contributed by atoms with E-state index in [2.05, 4.69) is 36.2 Å². The highest BCUT2D eigenvalue weighted by atomic mass is 16.3. The van der Waals surface area contributed by atoms with E-state index in [-0.39, 0.29) is 5.75 Å². The number of phenols is 1. The van der Waals surface area contributed by atoms with Crippen LogP contribution in [-0.2, 0) is 0 Å². The average molecular weight is 290 g/mol. The molecule has 0 spiro atoms. The highest BCUT2D eigenvalue weighted by molar-refractivity contribution is 5.95. The number of fused-ring (bicyclic) bond motifs is 1. The Morgan fingerprint density at radius 3 is 2.27 bits per heavy atom. The van der Waals surface area contributed by atoms with Gasteiger partial charge in [-0.05, 0) is 35.1 Å². The van der Waals surface area contributed by atoms with Gasteiger partial charge in [-0.1, -0.05) is 56.3 Å². The molecule has 0 radical (unpaired) electrons. The van der Waals surface area contributed by atoms with Gasteiger partial charge in [0.2, 0.25) is 0 Å². The lowest BCUT2D eigenvalue weighted by Gasteiger charge is -2.05. The third kappa shape index (κ3) is 2.84. The molecule has 0 saturated carbocycles. The molecule has 1 N–H and O–H groups in total. The van der Waals surface area contributed by atoms with Crippen LogP contribution in [0.25, 0.3) is 10.8 Å². The van der Waals surface area contributed by atoms with Crippen LogP contribution in [0.5, 0.6) is 5.75 Å². The maximum Gasteiger partial charge on any atom is 0.143 e. The van der Waals surface area contributed by atoms with Crippen LogP contribution >= 0.6 is 0 Å². The van der Waals surface area contributed by atoms with Crippen molar-refractivity contribution in [3.8, 4) is 5.75 Å². The molecule has 3 aromatic rings. The van der Waals surface area contributed by atoms with Crippen LogP contribution in [0.15, 0.2) is 70.9 Å². The van der Waals surface area contributed by atoms with Crippen molar-refractivity contribution in [2.24, 2.45) is 10.2 Å². The Kier molecular flexibility index (Phi) is 3.88. The number of rotatable bonds is 3. The number of hydrogen-bond donors (Lipinski definition) is 1. The topological polar surface area (TPSA) is 45.0 Å². The monoisotopic (exact) mass is 290 g/mol. The number of phenolic OH excluding ortho intramolecular Hbond substituents is 1. The van der Waals surface area contributed by atoms with Gasteiger partial charge in [0.05, 0.1) is 5.69 Å². The van der Waals surface area contributed by atoms with Gasteiger partial charge in [0.25, 0.3) is 0 Å². The first-order chi connectivity index (χ1) is 10.6. The van der Waals surface area contributed by atoms with Crippen molar-refractivity contribution >= 4 is 22.1 Å². The van der Waals surface area contributed by atoms with E-state index in [4.69, 9.17) is 0 Å². The number of nitrogens with zero attached hydrogens (tertiary/aromatic N) is 2. The first kappa shape index (κ1) is 14.3. The van der Waals surface area contributed by atoms with E-state index in [0.29, 0.717) is 11.6 Å². The molecule has 0 amide bonds.